The summed E-state index contributed by atoms with van der Waals surface area (Å²) in [7, 11) is -3.44. The maximum atomic E-state index is 12.8. The topological polar surface area (TPSA) is 92.5 Å². The van der Waals surface area contributed by atoms with Gasteiger partial charge in [-0.2, -0.15) is 0 Å². The molecule has 0 spiro atoms. The third-order valence-electron chi connectivity index (χ3n) is 3.96. The molecule has 1 aromatic carbocycles. The molecule has 1 aromatic rings. The monoisotopic (exact) mass is 361 g/mol. The number of benzene rings is 1. The van der Waals surface area contributed by atoms with Gasteiger partial charge in [-0.15, -0.1) is 12.4 Å². The Bertz CT molecular complexity index is 679. The number of hydrogen-bond acceptors (Lipinski definition) is 4. The number of rotatable bonds is 4. The number of likely N-dealkylation sites (tertiary alicyclic amines) is 1. The van der Waals surface area contributed by atoms with Crippen molar-refractivity contribution < 1.29 is 13.2 Å². The maximum absolute atomic E-state index is 12.8. The average molecular weight is 362 g/mol. The van der Waals surface area contributed by atoms with E-state index in [1.54, 1.807) is 23.1 Å². The summed E-state index contributed by atoms with van der Waals surface area (Å²) in [6.45, 7) is 5.03. The van der Waals surface area contributed by atoms with E-state index in [9.17, 15) is 13.2 Å². The molecule has 0 bridgehead atoms. The molecule has 1 aliphatic rings. The lowest BCUT2D eigenvalue weighted by molar-refractivity contribution is 0.0744. The molecular formula is C15H24ClN3O3S. The number of nitrogens with one attached hydrogen (secondary N) is 1. The van der Waals surface area contributed by atoms with Gasteiger partial charge >= 0.3 is 0 Å². The Labute approximate surface area is 143 Å². The molecule has 0 radical (unpaired) electrons. The molecule has 1 heterocycles. The van der Waals surface area contributed by atoms with E-state index in [0.717, 1.165) is 18.2 Å². The van der Waals surface area contributed by atoms with Crippen LogP contribution in [0.4, 0.5) is 5.69 Å². The van der Waals surface area contributed by atoms with Crippen LogP contribution >= 0.6 is 12.4 Å². The van der Waals surface area contributed by atoms with Gasteiger partial charge in [0, 0.05) is 12.6 Å². The van der Waals surface area contributed by atoms with Crippen LogP contribution in [-0.4, -0.2) is 44.6 Å². The van der Waals surface area contributed by atoms with Crippen molar-refractivity contribution in [1.82, 2.24) is 4.90 Å². The standard InChI is InChI=1S/C15H23N3O3S.ClH/c1-10-4-5-14(17-22(3,20)21)13(6-10)15(19)18-9-12(8-16)7-11(18)2;/h4-6,11-12,17H,7-9,16H2,1-3H3;1H. The minimum absolute atomic E-state index is 0. The summed E-state index contributed by atoms with van der Waals surface area (Å²) in [4.78, 5) is 14.6. The zero-order valence-electron chi connectivity index (χ0n) is 13.6. The van der Waals surface area contributed by atoms with Gasteiger partial charge in [0.25, 0.3) is 5.91 Å². The lowest BCUT2D eigenvalue weighted by Crippen LogP contribution is -2.35. The fraction of sp³-hybridized carbons (Fsp3) is 0.533. The molecule has 130 valence electrons. The van der Waals surface area contributed by atoms with Crippen molar-refractivity contribution in [3.8, 4) is 0 Å². The van der Waals surface area contributed by atoms with E-state index in [1.807, 2.05) is 13.8 Å². The van der Waals surface area contributed by atoms with E-state index in [4.69, 9.17) is 5.73 Å². The van der Waals surface area contributed by atoms with Crippen molar-refractivity contribution in [2.75, 3.05) is 24.1 Å². The Morgan fingerprint density at radius 2 is 2.09 bits per heavy atom. The van der Waals surface area contributed by atoms with Gasteiger partial charge in [-0.05, 0) is 44.9 Å². The summed E-state index contributed by atoms with van der Waals surface area (Å²) in [5.74, 6) is 0.147. The Morgan fingerprint density at radius 1 is 1.43 bits per heavy atom. The first kappa shape index (κ1) is 19.7. The Hall–Kier alpha value is -1.31. The number of hydrogen-bond donors (Lipinski definition) is 2. The highest BCUT2D eigenvalue weighted by atomic mass is 35.5. The van der Waals surface area contributed by atoms with Crippen LogP contribution in [0.25, 0.3) is 0 Å². The number of nitrogens with zero attached hydrogens (tertiary/aromatic N) is 1. The predicted octanol–water partition coefficient (Wildman–Crippen LogP) is 1.60. The van der Waals surface area contributed by atoms with Gasteiger partial charge in [-0.3, -0.25) is 9.52 Å². The van der Waals surface area contributed by atoms with E-state index >= 15 is 0 Å². The second kappa shape index (κ2) is 7.51. The first-order valence-corrected chi connectivity index (χ1v) is 9.20. The summed E-state index contributed by atoms with van der Waals surface area (Å²) in [5.41, 5.74) is 7.32. The second-order valence-electron chi connectivity index (χ2n) is 6.07. The maximum Gasteiger partial charge on any atom is 0.256 e. The molecule has 3 N–H and O–H groups in total. The molecule has 1 saturated heterocycles. The number of carbonyl (C=O) groups is 1. The molecule has 2 rings (SSSR count). The van der Waals surface area contributed by atoms with Crippen molar-refractivity contribution in [1.29, 1.82) is 0 Å². The number of nitrogens with two attached hydrogens (primary N) is 1. The molecule has 1 amide bonds. The van der Waals surface area contributed by atoms with Gasteiger partial charge in [-0.1, -0.05) is 11.6 Å². The molecule has 8 heteroatoms. The van der Waals surface area contributed by atoms with Crippen LogP contribution in [0.3, 0.4) is 0 Å². The molecule has 0 saturated carbocycles. The smallest absolute Gasteiger partial charge is 0.256 e. The van der Waals surface area contributed by atoms with Crippen LogP contribution in [0.15, 0.2) is 18.2 Å². The molecule has 0 aromatic heterocycles. The van der Waals surface area contributed by atoms with Crippen LogP contribution in [0, 0.1) is 12.8 Å². The highest BCUT2D eigenvalue weighted by molar-refractivity contribution is 7.92. The first-order valence-electron chi connectivity index (χ1n) is 7.30. The minimum Gasteiger partial charge on any atom is -0.336 e. The third kappa shape index (κ3) is 4.83. The first-order chi connectivity index (χ1) is 10.2. The van der Waals surface area contributed by atoms with E-state index in [0.29, 0.717) is 30.3 Å². The molecule has 2 atom stereocenters. The number of anilines is 1. The largest absolute Gasteiger partial charge is 0.336 e. The Balaban J connectivity index is 0.00000264. The molecule has 1 fully saturated rings. The molecule has 6 nitrogen and oxygen atoms in total. The normalized spacial score (nSPS) is 21.0. The molecule has 23 heavy (non-hydrogen) atoms. The molecule has 1 aliphatic heterocycles. The van der Waals surface area contributed by atoms with Gasteiger partial charge in [0.05, 0.1) is 17.5 Å². The van der Waals surface area contributed by atoms with Crippen LogP contribution in [-0.2, 0) is 10.0 Å². The van der Waals surface area contributed by atoms with Crippen molar-refractivity contribution in [2.24, 2.45) is 11.7 Å². The Kier molecular flexibility index (Phi) is 6.44. The number of carbonyl (C=O) groups excluding carboxylic acids is 1. The highest BCUT2D eigenvalue weighted by Gasteiger charge is 2.33. The van der Waals surface area contributed by atoms with Crippen molar-refractivity contribution >= 4 is 34.0 Å². The summed E-state index contributed by atoms with van der Waals surface area (Å²) in [6.07, 6.45) is 1.95. The number of sulfonamides is 1. The predicted molar refractivity (Wildman–Crippen MR) is 94.6 cm³/mol. The van der Waals surface area contributed by atoms with Crippen LogP contribution < -0.4 is 10.5 Å². The lowest BCUT2D eigenvalue weighted by Gasteiger charge is -2.23. The zero-order valence-corrected chi connectivity index (χ0v) is 15.2. The molecule has 0 aliphatic carbocycles. The summed E-state index contributed by atoms with van der Waals surface area (Å²) in [5, 5.41) is 0. The number of amides is 1. The molecule has 2 unspecified atom stereocenters. The SMILES string of the molecule is Cc1ccc(NS(C)(=O)=O)c(C(=O)N2CC(CN)CC2C)c1.Cl. The van der Waals surface area contributed by atoms with Gasteiger partial charge in [-0.25, -0.2) is 8.42 Å². The summed E-state index contributed by atoms with van der Waals surface area (Å²) >= 11 is 0. The van der Waals surface area contributed by atoms with Crippen molar-refractivity contribution in [3.05, 3.63) is 29.3 Å². The van der Waals surface area contributed by atoms with E-state index in [1.165, 1.54) is 0 Å². The average Bonchev–Trinajstić information content (AvgIpc) is 2.80. The van der Waals surface area contributed by atoms with Crippen LogP contribution in [0.2, 0.25) is 0 Å². The van der Waals surface area contributed by atoms with Crippen LogP contribution in [0.1, 0.15) is 29.3 Å². The fourth-order valence-corrected chi connectivity index (χ4v) is 3.45. The van der Waals surface area contributed by atoms with Gasteiger partial charge in [0.1, 0.15) is 0 Å². The number of halogens is 1. The fourth-order valence-electron chi connectivity index (χ4n) is 2.87. The zero-order chi connectivity index (χ0) is 16.5. The molecular weight excluding hydrogens is 338 g/mol. The van der Waals surface area contributed by atoms with Gasteiger partial charge < -0.3 is 10.6 Å². The van der Waals surface area contributed by atoms with E-state index in [2.05, 4.69) is 4.72 Å². The lowest BCUT2D eigenvalue weighted by atomic mass is 10.1. The summed E-state index contributed by atoms with van der Waals surface area (Å²) < 4.78 is 25.4. The summed E-state index contributed by atoms with van der Waals surface area (Å²) in [6, 6.07) is 5.23. The third-order valence-corrected chi connectivity index (χ3v) is 4.55. The van der Waals surface area contributed by atoms with Crippen molar-refractivity contribution in [2.45, 2.75) is 26.3 Å². The quantitative estimate of drug-likeness (QED) is 0.851. The highest BCUT2D eigenvalue weighted by Crippen LogP contribution is 2.27. The van der Waals surface area contributed by atoms with Crippen molar-refractivity contribution in [3.63, 3.8) is 0 Å². The second-order valence-corrected chi connectivity index (χ2v) is 7.82. The van der Waals surface area contributed by atoms with Crippen LogP contribution in [0.5, 0.6) is 0 Å². The van der Waals surface area contributed by atoms with E-state index in [-0.39, 0.29) is 24.4 Å². The van der Waals surface area contributed by atoms with Gasteiger partial charge in [0.2, 0.25) is 10.0 Å². The Morgan fingerprint density at radius 3 is 2.61 bits per heavy atom. The number of aryl methyl sites for hydroxylation is 1. The minimum atomic E-state index is -3.44. The van der Waals surface area contributed by atoms with Gasteiger partial charge in [0.15, 0.2) is 0 Å². The van der Waals surface area contributed by atoms with E-state index < -0.39 is 10.0 Å².